The molecule has 2 N–H and O–H groups in total. The Morgan fingerprint density at radius 1 is 1.22 bits per heavy atom. The van der Waals surface area contributed by atoms with Gasteiger partial charge in [-0.25, -0.2) is 4.79 Å². The zero-order chi connectivity index (χ0) is 16.8. The summed E-state index contributed by atoms with van der Waals surface area (Å²) in [6.07, 6.45) is 5.65. The highest BCUT2D eigenvalue weighted by molar-refractivity contribution is 5.89. The number of aryl methyl sites for hydroxylation is 1. The van der Waals surface area contributed by atoms with Gasteiger partial charge in [0.15, 0.2) is 0 Å². The van der Waals surface area contributed by atoms with Crippen LogP contribution in [0.25, 0.3) is 0 Å². The molecule has 0 aliphatic rings. The molecule has 23 heavy (non-hydrogen) atoms. The molecule has 2 rings (SSSR count). The second-order valence-electron chi connectivity index (χ2n) is 6.13. The number of urea groups is 1. The third kappa shape index (κ3) is 5.06. The Morgan fingerprint density at radius 2 is 2.00 bits per heavy atom. The van der Waals surface area contributed by atoms with E-state index in [1.54, 1.807) is 18.6 Å². The van der Waals surface area contributed by atoms with Crippen LogP contribution >= 0.6 is 0 Å². The quantitative estimate of drug-likeness (QED) is 0.885. The van der Waals surface area contributed by atoms with Crippen LogP contribution in [0.15, 0.2) is 36.8 Å². The van der Waals surface area contributed by atoms with E-state index >= 15 is 0 Å². The molecule has 5 heteroatoms. The first kappa shape index (κ1) is 16.9. The van der Waals surface area contributed by atoms with E-state index in [9.17, 15) is 4.79 Å². The first-order valence-electron chi connectivity index (χ1n) is 7.88. The molecule has 0 aliphatic carbocycles. The average molecular weight is 312 g/mol. The van der Waals surface area contributed by atoms with Crippen LogP contribution in [-0.4, -0.2) is 22.0 Å². The Bertz CT molecular complexity index is 655. The second-order valence-corrected chi connectivity index (χ2v) is 6.13. The first-order chi connectivity index (χ1) is 11.0. The third-order valence-electron chi connectivity index (χ3n) is 3.67. The van der Waals surface area contributed by atoms with Gasteiger partial charge in [-0.15, -0.1) is 0 Å². The van der Waals surface area contributed by atoms with Crippen molar-refractivity contribution in [3.63, 3.8) is 0 Å². The van der Waals surface area contributed by atoms with E-state index in [1.165, 1.54) is 11.1 Å². The molecule has 1 atom stereocenters. The molecular weight excluding hydrogens is 288 g/mol. The third-order valence-corrected chi connectivity index (χ3v) is 3.67. The molecular formula is C18H24N4O. The smallest absolute Gasteiger partial charge is 0.319 e. The maximum absolute atomic E-state index is 12.1. The summed E-state index contributed by atoms with van der Waals surface area (Å²) in [5, 5.41) is 5.82. The molecule has 0 saturated heterocycles. The summed E-state index contributed by atoms with van der Waals surface area (Å²) in [5.41, 5.74) is 4.15. The summed E-state index contributed by atoms with van der Waals surface area (Å²) in [6, 6.07) is 5.76. The van der Waals surface area contributed by atoms with Crippen LogP contribution in [0.5, 0.6) is 0 Å². The molecule has 0 fully saturated rings. The lowest BCUT2D eigenvalue weighted by atomic mass is 9.97. The summed E-state index contributed by atoms with van der Waals surface area (Å²) in [6.45, 7) is 8.33. The van der Waals surface area contributed by atoms with Gasteiger partial charge in [0, 0.05) is 36.7 Å². The monoisotopic (exact) mass is 312 g/mol. The zero-order valence-corrected chi connectivity index (χ0v) is 14.1. The largest absolute Gasteiger partial charge is 0.335 e. The topological polar surface area (TPSA) is 66.9 Å². The van der Waals surface area contributed by atoms with E-state index in [-0.39, 0.29) is 12.1 Å². The van der Waals surface area contributed by atoms with Crippen molar-refractivity contribution < 1.29 is 4.79 Å². The van der Waals surface area contributed by atoms with Crippen molar-refractivity contribution in [1.82, 2.24) is 15.3 Å². The van der Waals surface area contributed by atoms with Gasteiger partial charge in [0.1, 0.15) is 0 Å². The van der Waals surface area contributed by atoms with E-state index in [0.717, 1.165) is 11.4 Å². The highest BCUT2D eigenvalue weighted by Gasteiger charge is 2.10. The van der Waals surface area contributed by atoms with Crippen molar-refractivity contribution in [3.05, 3.63) is 53.6 Å². The van der Waals surface area contributed by atoms with Crippen LogP contribution in [0, 0.1) is 6.92 Å². The number of hydrogen-bond acceptors (Lipinski definition) is 3. The van der Waals surface area contributed by atoms with E-state index in [0.29, 0.717) is 12.3 Å². The van der Waals surface area contributed by atoms with Crippen molar-refractivity contribution >= 4 is 11.7 Å². The SMILES string of the molecule is Cc1ccc(NC(=O)NC(C)Cc2cnccn2)cc1C(C)C. The first-order valence-corrected chi connectivity index (χ1v) is 7.88. The molecule has 122 valence electrons. The predicted octanol–water partition coefficient (Wildman–Crippen LogP) is 3.66. The molecule has 0 radical (unpaired) electrons. The minimum absolute atomic E-state index is 0.0262. The van der Waals surface area contributed by atoms with E-state index < -0.39 is 0 Å². The Hall–Kier alpha value is -2.43. The van der Waals surface area contributed by atoms with Crippen LogP contribution in [0.1, 0.15) is 43.5 Å². The molecule has 1 aromatic heterocycles. The summed E-state index contributed by atoms with van der Waals surface area (Å²) < 4.78 is 0. The lowest BCUT2D eigenvalue weighted by Gasteiger charge is -2.16. The van der Waals surface area contributed by atoms with Gasteiger partial charge < -0.3 is 10.6 Å². The number of aromatic nitrogens is 2. The van der Waals surface area contributed by atoms with Crippen molar-refractivity contribution in [3.8, 4) is 0 Å². The van der Waals surface area contributed by atoms with Gasteiger partial charge in [0.25, 0.3) is 0 Å². The van der Waals surface area contributed by atoms with Crippen molar-refractivity contribution in [2.24, 2.45) is 0 Å². The highest BCUT2D eigenvalue weighted by atomic mass is 16.2. The van der Waals surface area contributed by atoms with E-state index in [1.807, 2.05) is 25.1 Å². The molecule has 1 heterocycles. The lowest BCUT2D eigenvalue weighted by molar-refractivity contribution is 0.249. The number of amides is 2. The standard InChI is InChI=1S/C18H24N4O/c1-12(2)17-10-15(6-5-13(17)3)22-18(23)21-14(4)9-16-11-19-7-8-20-16/h5-8,10-12,14H,9H2,1-4H3,(H2,21,22,23). The Morgan fingerprint density at radius 3 is 2.65 bits per heavy atom. The number of nitrogens with one attached hydrogen (secondary N) is 2. The van der Waals surface area contributed by atoms with Gasteiger partial charge in [0.2, 0.25) is 0 Å². The molecule has 1 unspecified atom stereocenters. The summed E-state index contributed by atoms with van der Waals surface area (Å²) in [5.74, 6) is 0.426. The van der Waals surface area contributed by atoms with E-state index in [4.69, 9.17) is 0 Å². The Kier molecular flexibility index (Phi) is 5.68. The minimum Gasteiger partial charge on any atom is -0.335 e. The summed E-state index contributed by atoms with van der Waals surface area (Å²) >= 11 is 0. The molecule has 2 amide bonds. The van der Waals surface area contributed by atoms with Gasteiger partial charge in [-0.2, -0.15) is 0 Å². The van der Waals surface area contributed by atoms with Crippen LogP contribution in [0.4, 0.5) is 10.5 Å². The van der Waals surface area contributed by atoms with Gasteiger partial charge in [-0.1, -0.05) is 19.9 Å². The second kappa shape index (κ2) is 7.72. The van der Waals surface area contributed by atoms with Gasteiger partial charge in [-0.3, -0.25) is 9.97 Å². The maximum Gasteiger partial charge on any atom is 0.319 e. The minimum atomic E-state index is -0.208. The van der Waals surface area contributed by atoms with Crippen LogP contribution in [0.2, 0.25) is 0 Å². The number of hydrogen-bond donors (Lipinski definition) is 2. The summed E-state index contributed by atoms with van der Waals surface area (Å²) in [7, 11) is 0. The zero-order valence-electron chi connectivity index (χ0n) is 14.1. The fraction of sp³-hybridized carbons (Fsp3) is 0.389. The highest BCUT2D eigenvalue weighted by Crippen LogP contribution is 2.22. The number of benzene rings is 1. The fourth-order valence-electron chi connectivity index (χ4n) is 2.53. The average Bonchev–Trinajstić information content (AvgIpc) is 2.49. The molecule has 0 spiro atoms. The van der Waals surface area contributed by atoms with Gasteiger partial charge in [0.05, 0.1) is 5.69 Å². The van der Waals surface area contributed by atoms with Crippen molar-refractivity contribution in [1.29, 1.82) is 0 Å². The molecule has 0 saturated carbocycles. The van der Waals surface area contributed by atoms with Crippen LogP contribution in [-0.2, 0) is 6.42 Å². The fourth-order valence-corrected chi connectivity index (χ4v) is 2.53. The lowest BCUT2D eigenvalue weighted by Crippen LogP contribution is -2.37. The molecule has 5 nitrogen and oxygen atoms in total. The van der Waals surface area contributed by atoms with Crippen LogP contribution in [0.3, 0.4) is 0 Å². The maximum atomic E-state index is 12.1. The number of rotatable bonds is 5. The van der Waals surface area contributed by atoms with Crippen LogP contribution < -0.4 is 10.6 Å². The molecule has 0 aliphatic heterocycles. The predicted molar refractivity (Wildman–Crippen MR) is 92.6 cm³/mol. The number of anilines is 1. The van der Waals surface area contributed by atoms with Gasteiger partial charge in [-0.05, 0) is 43.0 Å². The van der Waals surface area contributed by atoms with Gasteiger partial charge >= 0.3 is 6.03 Å². The normalized spacial score (nSPS) is 12.0. The number of nitrogens with zero attached hydrogens (tertiary/aromatic N) is 2. The number of carbonyl (C=O) groups is 1. The molecule has 2 aromatic rings. The summed E-state index contributed by atoms with van der Waals surface area (Å²) in [4.78, 5) is 20.4. The van der Waals surface area contributed by atoms with E-state index in [2.05, 4.69) is 41.4 Å². The Balaban J connectivity index is 1.93. The van der Waals surface area contributed by atoms with Crippen molar-refractivity contribution in [2.45, 2.75) is 46.1 Å². The number of carbonyl (C=O) groups excluding carboxylic acids is 1. The molecule has 0 bridgehead atoms. The Labute approximate surface area is 137 Å². The molecule has 1 aromatic carbocycles. The van der Waals surface area contributed by atoms with Crippen molar-refractivity contribution in [2.75, 3.05) is 5.32 Å².